The molecule has 0 radical (unpaired) electrons. The van der Waals surface area contributed by atoms with Gasteiger partial charge in [-0.2, -0.15) is 0 Å². The van der Waals surface area contributed by atoms with E-state index >= 15 is 0 Å². The molecule has 1 aromatic carbocycles. The Morgan fingerprint density at radius 3 is 2.82 bits per heavy atom. The Hall–Kier alpha value is -2.39. The molecule has 2 atom stereocenters. The van der Waals surface area contributed by atoms with Gasteiger partial charge in [-0.1, -0.05) is 39.0 Å². The molecule has 0 bridgehead atoms. The predicted molar refractivity (Wildman–Crippen MR) is 131 cm³/mol. The molecule has 8 nitrogen and oxygen atoms in total. The summed E-state index contributed by atoms with van der Waals surface area (Å²) < 4.78 is 19.2. The second-order valence-electron chi connectivity index (χ2n) is 9.43. The van der Waals surface area contributed by atoms with Gasteiger partial charge in [0.2, 0.25) is 11.9 Å². The van der Waals surface area contributed by atoms with Crippen molar-refractivity contribution < 1.29 is 9.13 Å². The highest BCUT2D eigenvalue weighted by atomic mass is 19.1. The SMILES string of the molecule is CCN1CCCC1CN=C1NC(Nc2ccc(OC)c(F)c2)=NC(N)(CC2CCCCC2)N1. The number of hydrogen-bond acceptors (Lipinski definition) is 6. The standard InChI is InChI=1S/C24H38FN7O/c1-3-32-13-7-10-19(32)16-27-22-29-23(28-18-11-12-21(33-2)20(25)14-18)31-24(26,30-22)15-17-8-5-4-6-9-17/h11-12,14,17,19H,3-10,13,15-16,26H2,1-2H3,(H3,27,28,29,30,31). The Kier molecular flexibility index (Phi) is 7.70. The van der Waals surface area contributed by atoms with Crippen molar-refractivity contribution in [3.05, 3.63) is 24.0 Å². The lowest BCUT2D eigenvalue weighted by molar-refractivity contribution is 0.245. The van der Waals surface area contributed by atoms with E-state index in [1.165, 1.54) is 51.7 Å². The Labute approximate surface area is 196 Å². The van der Waals surface area contributed by atoms with Gasteiger partial charge in [0, 0.05) is 24.2 Å². The van der Waals surface area contributed by atoms with Crippen LogP contribution in [0.15, 0.2) is 28.2 Å². The maximum Gasteiger partial charge on any atom is 0.206 e. The summed E-state index contributed by atoms with van der Waals surface area (Å²) in [5, 5.41) is 9.76. The van der Waals surface area contributed by atoms with Crippen molar-refractivity contribution in [3.8, 4) is 5.75 Å². The van der Waals surface area contributed by atoms with Crippen LogP contribution < -0.4 is 26.4 Å². The molecule has 0 aromatic heterocycles. The van der Waals surface area contributed by atoms with E-state index in [2.05, 4.69) is 27.8 Å². The van der Waals surface area contributed by atoms with Gasteiger partial charge in [0.15, 0.2) is 17.4 Å². The lowest BCUT2D eigenvalue weighted by Gasteiger charge is -2.37. The maximum absolute atomic E-state index is 14.2. The zero-order valence-corrected chi connectivity index (χ0v) is 19.9. The van der Waals surface area contributed by atoms with E-state index in [4.69, 9.17) is 20.5 Å². The molecule has 1 aromatic rings. The number of anilines is 1. The van der Waals surface area contributed by atoms with Crippen molar-refractivity contribution >= 4 is 17.6 Å². The molecule has 2 fully saturated rings. The summed E-state index contributed by atoms with van der Waals surface area (Å²) in [5.74, 6) is 0.416. The van der Waals surface area contributed by atoms with Gasteiger partial charge in [0.25, 0.3) is 0 Å². The molecule has 0 amide bonds. The lowest BCUT2D eigenvalue weighted by atomic mass is 9.85. The van der Waals surface area contributed by atoms with Gasteiger partial charge in [-0.3, -0.25) is 20.9 Å². The van der Waals surface area contributed by atoms with Crippen molar-refractivity contribution in [2.75, 3.05) is 32.1 Å². The molecule has 2 aliphatic heterocycles. The summed E-state index contributed by atoms with van der Waals surface area (Å²) in [5.41, 5.74) is 7.34. The topological polar surface area (TPSA) is 99.3 Å². The minimum atomic E-state index is -0.959. The summed E-state index contributed by atoms with van der Waals surface area (Å²) in [6.45, 7) is 5.07. The molecule has 182 valence electrons. The van der Waals surface area contributed by atoms with Gasteiger partial charge in [-0.05, 0) is 44.0 Å². The van der Waals surface area contributed by atoms with E-state index in [0.717, 1.165) is 25.9 Å². The van der Waals surface area contributed by atoms with Gasteiger partial charge in [-0.25, -0.2) is 9.38 Å². The first-order valence-corrected chi connectivity index (χ1v) is 12.3. The summed E-state index contributed by atoms with van der Waals surface area (Å²) >= 11 is 0. The number of aliphatic imine (C=N–C) groups is 2. The number of nitrogens with one attached hydrogen (secondary N) is 3. The Balaban J connectivity index is 1.52. The highest BCUT2D eigenvalue weighted by molar-refractivity contribution is 6.07. The number of rotatable bonds is 7. The Morgan fingerprint density at radius 1 is 1.27 bits per heavy atom. The third kappa shape index (κ3) is 6.14. The van der Waals surface area contributed by atoms with Crippen LogP contribution in [-0.4, -0.2) is 55.4 Å². The Bertz CT molecular complexity index is 870. The van der Waals surface area contributed by atoms with Crippen LogP contribution in [0.2, 0.25) is 0 Å². The molecule has 33 heavy (non-hydrogen) atoms. The van der Waals surface area contributed by atoms with Crippen LogP contribution in [0.25, 0.3) is 0 Å². The molecular formula is C24H38FN7O. The molecule has 2 unspecified atom stereocenters. The summed E-state index contributed by atoms with van der Waals surface area (Å²) in [7, 11) is 1.45. The number of likely N-dealkylation sites (tertiary alicyclic amines) is 1. The first kappa shape index (κ1) is 23.8. The van der Waals surface area contributed by atoms with Crippen molar-refractivity contribution in [1.29, 1.82) is 0 Å². The molecule has 0 spiro atoms. The third-order valence-electron chi connectivity index (χ3n) is 6.99. The summed E-state index contributed by atoms with van der Waals surface area (Å²) in [6.07, 6.45) is 9.24. The number of guanidine groups is 2. The quantitative estimate of drug-likeness (QED) is 0.500. The van der Waals surface area contributed by atoms with Crippen LogP contribution in [0.4, 0.5) is 10.1 Å². The highest BCUT2D eigenvalue weighted by Gasteiger charge is 2.34. The number of methoxy groups -OCH3 is 1. The molecule has 9 heteroatoms. The second-order valence-corrected chi connectivity index (χ2v) is 9.43. The van der Waals surface area contributed by atoms with E-state index in [1.54, 1.807) is 12.1 Å². The van der Waals surface area contributed by atoms with Crippen LogP contribution in [0.1, 0.15) is 58.3 Å². The summed E-state index contributed by atoms with van der Waals surface area (Å²) in [4.78, 5) is 12.1. The lowest BCUT2D eigenvalue weighted by Crippen LogP contribution is -2.65. The van der Waals surface area contributed by atoms with Crippen LogP contribution in [-0.2, 0) is 0 Å². The molecule has 2 heterocycles. The smallest absolute Gasteiger partial charge is 0.206 e. The van der Waals surface area contributed by atoms with E-state index in [1.807, 2.05) is 0 Å². The zero-order valence-electron chi connectivity index (χ0n) is 19.9. The first-order chi connectivity index (χ1) is 16.0. The van der Waals surface area contributed by atoms with Crippen molar-refractivity contribution in [2.24, 2.45) is 21.6 Å². The number of nitrogens with two attached hydrogens (primary N) is 1. The zero-order chi connectivity index (χ0) is 23.3. The minimum Gasteiger partial charge on any atom is -0.494 e. The number of benzene rings is 1. The molecule has 5 N–H and O–H groups in total. The predicted octanol–water partition coefficient (Wildman–Crippen LogP) is 3.22. The molecular weight excluding hydrogens is 421 g/mol. The number of nitrogens with zero attached hydrogens (tertiary/aromatic N) is 3. The molecule has 4 rings (SSSR count). The highest BCUT2D eigenvalue weighted by Crippen LogP contribution is 2.30. The van der Waals surface area contributed by atoms with Crippen molar-refractivity contribution in [2.45, 2.75) is 70.1 Å². The average molecular weight is 460 g/mol. The Morgan fingerprint density at radius 2 is 2.09 bits per heavy atom. The van der Waals surface area contributed by atoms with Crippen molar-refractivity contribution in [1.82, 2.24) is 15.5 Å². The van der Waals surface area contributed by atoms with E-state index in [9.17, 15) is 4.39 Å². The van der Waals surface area contributed by atoms with Crippen LogP contribution in [0.3, 0.4) is 0 Å². The van der Waals surface area contributed by atoms with Gasteiger partial charge in [0.05, 0.1) is 13.7 Å². The van der Waals surface area contributed by atoms with E-state index < -0.39 is 11.6 Å². The number of likely N-dealkylation sites (N-methyl/N-ethyl adjacent to an activating group) is 1. The fourth-order valence-electron chi connectivity index (χ4n) is 5.27. The fourth-order valence-corrected chi connectivity index (χ4v) is 5.27. The molecule has 1 saturated heterocycles. The average Bonchev–Trinajstić information content (AvgIpc) is 3.25. The largest absolute Gasteiger partial charge is 0.494 e. The number of hydrogen-bond donors (Lipinski definition) is 4. The molecule has 3 aliphatic rings. The second kappa shape index (κ2) is 10.7. The third-order valence-corrected chi connectivity index (χ3v) is 6.99. The van der Waals surface area contributed by atoms with Gasteiger partial charge < -0.3 is 15.4 Å². The maximum atomic E-state index is 14.2. The number of halogens is 1. The van der Waals surface area contributed by atoms with Crippen LogP contribution in [0.5, 0.6) is 5.75 Å². The first-order valence-electron chi connectivity index (χ1n) is 12.3. The summed E-state index contributed by atoms with van der Waals surface area (Å²) in [6, 6.07) is 5.18. The van der Waals surface area contributed by atoms with Crippen LogP contribution >= 0.6 is 0 Å². The van der Waals surface area contributed by atoms with Gasteiger partial charge in [-0.15, -0.1) is 0 Å². The van der Waals surface area contributed by atoms with Gasteiger partial charge in [0.1, 0.15) is 0 Å². The molecule has 1 aliphatic carbocycles. The fraction of sp³-hybridized carbons (Fsp3) is 0.667. The van der Waals surface area contributed by atoms with Crippen LogP contribution in [0, 0.1) is 11.7 Å². The normalized spacial score (nSPS) is 27.7. The number of ether oxygens (including phenoxy) is 1. The van der Waals surface area contributed by atoms with Gasteiger partial charge >= 0.3 is 0 Å². The molecule has 1 saturated carbocycles. The minimum absolute atomic E-state index is 0.200. The van der Waals surface area contributed by atoms with Crippen molar-refractivity contribution in [3.63, 3.8) is 0 Å². The monoisotopic (exact) mass is 459 g/mol. The van der Waals surface area contributed by atoms with E-state index in [0.29, 0.717) is 36.1 Å². The van der Waals surface area contributed by atoms with E-state index in [-0.39, 0.29) is 5.75 Å².